The van der Waals surface area contributed by atoms with Crippen molar-refractivity contribution in [3.63, 3.8) is 0 Å². The Hall–Kier alpha value is -1.06. The second-order valence-electron chi connectivity index (χ2n) is 6.45. The second-order valence-corrected chi connectivity index (χ2v) is 6.45. The molecule has 2 unspecified atom stereocenters. The quantitative estimate of drug-likeness (QED) is 0.744. The Morgan fingerprint density at radius 1 is 1.00 bits per heavy atom. The minimum Gasteiger partial charge on any atom is -0.456 e. The molecular formula is C16H27NO3. The molecule has 2 atom stereocenters. The molecule has 20 heavy (non-hydrogen) atoms. The van der Waals surface area contributed by atoms with Crippen LogP contribution in [0.3, 0.4) is 0 Å². The van der Waals surface area contributed by atoms with E-state index in [1.165, 1.54) is 19.3 Å². The lowest BCUT2D eigenvalue weighted by atomic mass is 9.97. The maximum atomic E-state index is 12.2. The summed E-state index contributed by atoms with van der Waals surface area (Å²) in [5.41, 5.74) is 0. The van der Waals surface area contributed by atoms with Crippen molar-refractivity contribution in [3.05, 3.63) is 0 Å². The maximum absolute atomic E-state index is 12.2. The van der Waals surface area contributed by atoms with Crippen LogP contribution in [0.15, 0.2) is 0 Å². The zero-order valence-electron chi connectivity index (χ0n) is 12.8. The first-order valence-electron chi connectivity index (χ1n) is 8.04. The highest BCUT2D eigenvalue weighted by molar-refractivity contribution is 5.81. The lowest BCUT2D eigenvalue weighted by Gasteiger charge is -2.38. The van der Waals surface area contributed by atoms with Crippen molar-refractivity contribution >= 4 is 11.9 Å². The van der Waals surface area contributed by atoms with E-state index in [9.17, 15) is 9.59 Å². The van der Waals surface area contributed by atoms with Gasteiger partial charge in [-0.25, -0.2) is 0 Å². The molecule has 1 aliphatic carbocycles. The molecule has 4 nitrogen and oxygen atoms in total. The minimum atomic E-state index is -0.206. The molecule has 0 radical (unpaired) electrons. The van der Waals surface area contributed by atoms with E-state index >= 15 is 0 Å². The summed E-state index contributed by atoms with van der Waals surface area (Å²) in [5, 5.41) is 0. The van der Waals surface area contributed by atoms with Crippen molar-refractivity contribution in [3.8, 4) is 0 Å². The van der Waals surface area contributed by atoms with Gasteiger partial charge in [0.25, 0.3) is 5.91 Å². The summed E-state index contributed by atoms with van der Waals surface area (Å²) >= 11 is 0. The van der Waals surface area contributed by atoms with E-state index in [0.29, 0.717) is 12.3 Å². The lowest BCUT2D eigenvalue weighted by molar-refractivity contribution is -0.155. The van der Waals surface area contributed by atoms with Crippen molar-refractivity contribution in [1.82, 2.24) is 4.90 Å². The Balaban J connectivity index is 1.74. The van der Waals surface area contributed by atoms with E-state index in [-0.39, 0.29) is 30.6 Å². The van der Waals surface area contributed by atoms with Crippen LogP contribution in [0.5, 0.6) is 0 Å². The van der Waals surface area contributed by atoms with Crippen LogP contribution >= 0.6 is 0 Å². The third-order valence-corrected chi connectivity index (χ3v) is 4.77. The maximum Gasteiger partial charge on any atom is 0.306 e. The van der Waals surface area contributed by atoms with Crippen LogP contribution in [0.25, 0.3) is 0 Å². The molecule has 0 N–H and O–H groups in total. The van der Waals surface area contributed by atoms with E-state index in [1.807, 2.05) is 4.90 Å². The normalized spacial score (nSPS) is 27.6. The fourth-order valence-electron chi connectivity index (χ4n) is 3.64. The topological polar surface area (TPSA) is 46.6 Å². The predicted molar refractivity (Wildman–Crippen MR) is 77.2 cm³/mol. The summed E-state index contributed by atoms with van der Waals surface area (Å²) in [6, 6.07) is 0.527. The Bertz CT molecular complexity index is 340. The van der Waals surface area contributed by atoms with E-state index in [4.69, 9.17) is 4.74 Å². The first kappa shape index (κ1) is 15.3. The molecule has 1 amide bonds. The molecule has 1 saturated heterocycles. The van der Waals surface area contributed by atoms with Gasteiger partial charge in [-0.05, 0) is 51.9 Å². The fraction of sp³-hybridized carbons (Fsp3) is 0.875. The highest BCUT2D eigenvalue weighted by atomic mass is 16.5. The molecule has 2 aliphatic rings. The van der Waals surface area contributed by atoms with Gasteiger partial charge < -0.3 is 9.64 Å². The summed E-state index contributed by atoms with van der Waals surface area (Å²) < 4.78 is 5.19. The van der Waals surface area contributed by atoms with Crippen molar-refractivity contribution < 1.29 is 14.3 Å². The Morgan fingerprint density at radius 2 is 1.60 bits per heavy atom. The molecule has 4 heteroatoms. The highest BCUT2D eigenvalue weighted by Crippen LogP contribution is 2.28. The Labute approximate surface area is 121 Å². The number of nitrogens with zero attached hydrogens (tertiary/aromatic N) is 1. The van der Waals surface area contributed by atoms with Crippen LogP contribution in [0.4, 0.5) is 0 Å². The first-order chi connectivity index (χ1) is 9.58. The predicted octanol–water partition coefficient (Wildman–Crippen LogP) is 2.90. The SMILES string of the molecule is CC1CCCC(C)N1C(=O)COC(=O)CC1CCCC1. The van der Waals surface area contributed by atoms with Crippen LogP contribution in [0.1, 0.15) is 65.2 Å². The van der Waals surface area contributed by atoms with Crippen LogP contribution < -0.4 is 0 Å². The Kier molecular flexibility index (Phi) is 5.44. The molecule has 0 aromatic rings. The number of piperidine rings is 1. The molecule has 1 heterocycles. The third kappa shape index (κ3) is 3.97. The molecular weight excluding hydrogens is 254 g/mol. The van der Waals surface area contributed by atoms with Gasteiger partial charge in [0, 0.05) is 18.5 Å². The smallest absolute Gasteiger partial charge is 0.306 e. The van der Waals surface area contributed by atoms with Gasteiger partial charge in [0.15, 0.2) is 6.61 Å². The third-order valence-electron chi connectivity index (χ3n) is 4.77. The molecule has 0 spiro atoms. The standard InChI is InChI=1S/C16H27NO3/c1-12-6-5-7-13(2)17(12)15(18)11-20-16(19)10-14-8-3-4-9-14/h12-14H,3-11H2,1-2H3. The number of hydrogen-bond donors (Lipinski definition) is 0. The average Bonchev–Trinajstić information content (AvgIpc) is 2.89. The summed E-state index contributed by atoms with van der Waals surface area (Å²) in [4.78, 5) is 25.9. The Morgan fingerprint density at radius 3 is 2.20 bits per heavy atom. The molecule has 0 bridgehead atoms. The van der Waals surface area contributed by atoms with Gasteiger partial charge in [-0.15, -0.1) is 0 Å². The summed E-state index contributed by atoms with van der Waals surface area (Å²) in [6.07, 6.45) is 8.45. The van der Waals surface area contributed by atoms with E-state index in [2.05, 4.69) is 13.8 Å². The van der Waals surface area contributed by atoms with Crippen LogP contribution in [0, 0.1) is 5.92 Å². The van der Waals surface area contributed by atoms with Gasteiger partial charge in [-0.1, -0.05) is 12.8 Å². The van der Waals surface area contributed by atoms with Gasteiger partial charge in [-0.3, -0.25) is 9.59 Å². The number of likely N-dealkylation sites (tertiary alicyclic amines) is 1. The largest absolute Gasteiger partial charge is 0.456 e. The van der Waals surface area contributed by atoms with Gasteiger partial charge in [-0.2, -0.15) is 0 Å². The fourth-order valence-corrected chi connectivity index (χ4v) is 3.64. The average molecular weight is 281 g/mol. The molecule has 0 aromatic heterocycles. The number of carbonyl (C=O) groups is 2. The zero-order valence-corrected chi connectivity index (χ0v) is 12.8. The molecule has 114 valence electrons. The van der Waals surface area contributed by atoms with Crippen molar-refractivity contribution in [1.29, 1.82) is 0 Å². The number of rotatable bonds is 4. The van der Waals surface area contributed by atoms with E-state index in [0.717, 1.165) is 25.7 Å². The summed E-state index contributed by atoms with van der Waals surface area (Å²) in [5.74, 6) is 0.234. The number of carbonyl (C=O) groups excluding carboxylic acids is 2. The highest BCUT2D eigenvalue weighted by Gasteiger charge is 2.29. The number of esters is 1. The summed E-state index contributed by atoms with van der Waals surface area (Å²) in [6.45, 7) is 4.07. The van der Waals surface area contributed by atoms with Gasteiger partial charge in [0.1, 0.15) is 0 Å². The van der Waals surface area contributed by atoms with E-state index in [1.54, 1.807) is 0 Å². The first-order valence-corrected chi connectivity index (χ1v) is 8.04. The van der Waals surface area contributed by atoms with Crippen LogP contribution in [0.2, 0.25) is 0 Å². The lowest BCUT2D eigenvalue weighted by Crippen LogP contribution is -2.49. The van der Waals surface area contributed by atoms with Crippen LogP contribution in [-0.2, 0) is 14.3 Å². The second kappa shape index (κ2) is 7.09. The van der Waals surface area contributed by atoms with Gasteiger partial charge in [0.05, 0.1) is 0 Å². The molecule has 2 rings (SSSR count). The minimum absolute atomic E-state index is 0.0375. The molecule has 2 fully saturated rings. The monoisotopic (exact) mass is 281 g/mol. The van der Waals surface area contributed by atoms with Crippen molar-refractivity contribution in [2.75, 3.05) is 6.61 Å². The van der Waals surface area contributed by atoms with Gasteiger partial charge in [0.2, 0.25) is 0 Å². The zero-order chi connectivity index (χ0) is 14.5. The number of amides is 1. The number of hydrogen-bond acceptors (Lipinski definition) is 3. The molecule has 1 saturated carbocycles. The number of ether oxygens (including phenoxy) is 1. The van der Waals surface area contributed by atoms with Crippen molar-refractivity contribution in [2.24, 2.45) is 5.92 Å². The molecule has 1 aliphatic heterocycles. The van der Waals surface area contributed by atoms with E-state index < -0.39 is 0 Å². The summed E-state index contributed by atoms with van der Waals surface area (Å²) in [7, 11) is 0. The van der Waals surface area contributed by atoms with Crippen molar-refractivity contribution in [2.45, 2.75) is 77.3 Å². The van der Waals surface area contributed by atoms with Gasteiger partial charge >= 0.3 is 5.97 Å². The van der Waals surface area contributed by atoms with Crippen LogP contribution in [-0.4, -0.2) is 35.5 Å². The molecule has 0 aromatic carbocycles.